The average molecular weight is 270 g/mol. The van der Waals surface area contributed by atoms with Gasteiger partial charge in [0.25, 0.3) is 0 Å². The van der Waals surface area contributed by atoms with Gasteiger partial charge in [-0.15, -0.1) is 0 Å². The van der Waals surface area contributed by atoms with E-state index in [1.54, 1.807) is 7.11 Å². The highest BCUT2D eigenvalue weighted by Gasteiger charge is 2.14. The molecule has 1 N–H and O–H groups in total. The Morgan fingerprint density at radius 3 is 2.05 bits per heavy atom. The Morgan fingerprint density at radius 1 is 1.00 bits per heavy atom. The fraction of sp³-hybridized carbons (Fsp3) is 0.333. The zero-order valence-corrected chi connectivity index (χ0v) is 12.6. The van der Waals surface area contributed by atoms with E-state index in [1.807, 2.05) is 24.3 Å². The minimum Gasteiger partial charge on any atom is -0.497 e. The molecule has 1 unspecified atom stereocenters. The molecule has 0 fully saturated rings. The van der Waals surface area contributed by atoms with E-state index in [2.05, 4.69) is 32.9 Å². The maximum absolute atomic E-state index is 10.5. The van der Waals surface area contributed by atoms with Gasteiger partial charge in [-0.1, -0.05) is 29.8 Å². The van der Waals surface area contributed by atoms with Gasteiger partial charge in [0.15, 0.2) is 0 Å². The topological polar surface area (TPSA) is 29.5 Å². The largest absolute Gasteiger partial charge is 0.497 e. The molecular formula is C18H22O2. The molecule has 0 saturated carbocycles. The number of aliphatic hydroxyl groups excluding tert-OH is 1. The highest BCUT2D eigenvalue weighted by Crippen LogP contribution is 2.26. The van der Waals surface area contributed by atoms with Gasteiger partial charge >= 0.3 is 0 Å². The third kappa shape index (κ3) is 3.20. The molecule has 0 spiro atoms. The molecule has 2 aromatic rings. The summed E-state index contributed by atoms with van der Waals surface area (Å²) in [6, 6.07) is 12.1. The third-order valence-corrected chi connectivity index (χ3v) is 3.66. The summed E-state index contributed by atoms with van der Waals surface area (Å²) in [5.41, 5.74) is 5.71. The van der Waals surface area contributed by atoms with Crippen molar-refractivity contribution in [1.82, 2.24) is 0 Å². The van der Waals surface area contributed by atoms with Gasteiger partial charge < -0.3 is 9.84 Å². The Labute approximate surface area is 121 Å². The summed E-state index contributed by atoms with van der Waals surface area (Å²) >= 11 is 0. The van der Waals surface area contributed by atoms with Gasteiger partial charge in [-0.25, -0.2) is 0 Å². The van der Waals surface area contributed by atoms with E-state index in [4.69, 9.17) is 4.74 Å². The molecule has 0 aliphatic heterocycles. The molecule has 2 heteroatoms. The molecule has 0 aromatic heterocycles. The summed E-state index contributed by atoms with van der Waals surface area (Å²) in [5.74, 6) is 0.839. The van der Waals surface area contributed by atoms with Gasteiger partial charge in [0.05, 0.1) is 13.2 Å². The van der Waals surface area contributed by atoms with Crippen molar-refractivity contribution >= 4 is 0 Å². The number of hydrogen-bond donors (Lipinski definition) is 1. The van der Waals surface area contributed by atoms with Gasteiger partial charge in [-0.2, -0.15) is 0 Å². The van der Waals surface area contributed by atoms with Crippen LogP contribution in [0, 0.1) is 20.8 Å². The maximum atomic E-state index is 10.5. The van der Waals surface area contributed by atoms with Gasteiger partial charge in [0, 0.05) is 6.42 Å². The van der Waals surface area contributed by atoms with Crippen LogP contribution in [0.1, 0.15) is 33.9 Å². The summed E-state index contributed by atoms with van der Waals surface area (Å²) in [5, 5.41) is 10.5. The molecule has 2 nitrogen and oxygen atoms in total. The van der Waals surface area contributed by atoms with Crippen LogP contribution in [0.5, 0.6) is 5.75 Å². The highest BCUT2D eigenvalue weighted by molar-refractivity contribution is 5.40. The van der Waals surface area contributed by atoms with Crippen molar-refractivity contribution in [3.63, 3.8) is 0 Å². The lowest BCUT2D eigenvalue weighted by Gasteiger charge is -2.17. The number of aryl methyl sites for hydroxylation is 3. The van der Waals surface area contributed by atoms with E-state index in [0.29, 0.717) is 6.42 Å². The molecule has 2 rings (SSSR count). The highest BCUT2D eigenvalue weighted by atomic mass is 16.5. The Kier molecular flexibility index (Phi) is 4.46. The lowest BCUT2D eigenvalue weighted by atomic mass is 9.92. The summed E-state index contributed by atoms with van der Waals surface area (Å²) < 4.78 is 5.15. The molecule has 0 heterocycles. The molecule has 20 heavy (non-hydrogen) atoms. The summed E-state index contributed by atoms with van der Waals surface area (Å²) in [6.45, 7) is 6.21. The van der Waals surface area contributed by atoms with E-state index in [0.717, 1.165) is 28.0 Å². The predicted molar refractivity (Wildman–Crippen MR) is 82.3 cm³/mol. The smallest absolute Gasteiger partial charge is 0.118 e. The van der Waals surface area contributed by atoms with Crippen LogP contribution in [0.4, 0.5) is 0 Å². The first-order valence-electron chi connectivity index (χ1n) is 6.90. The van der Waals surface area contributed by atoms with Crippen LogP contribution in [-0.4, -0.2) is 12.2 Å². The van der Waals surface area contributed by atoms with E-state index in [9.17, 15) is 5.11 Å². The van der Waals surface area contributed by atoms with Gasteiger partial charge in [-0.05, 0) is 55.2 Å². The molecule has 0 bridgehead atoms. The van der Waals surface area contributed by atoms with Crippen LogP contribution in [0.15, 0.2) is 36.4 Å². The van der Waals surface area contributed by atoms with Gasteiger partial charge in [-0.3, -0.25) is 0 Å². The average Bonchev–Trinajstić information content (AvgIpc) is 2.38. The second kappa shape index (κ2) is 6.10. The fourth-order valence-corrected chi connectivity index (χ4v) is 2.80. The standard InChI is InChI=1S/C18H22O2/c1-12-9-13(2)18(14(3)10-12)17(19)11-15-5-7-16(20-4)8-6-15/h5-10,17,19H,11H2,1-4H3. The molecule has 0 amide bonds. The van der Waals surface area contributed by atoms with Gasteiger partial charge in [0.1, 0.15) is 5.75 Å². The van der Waals surface area contributed by atoms with Crippen LogP contribution in [0.3, 0.4) is 0 Å². The Hall–Kier alpha value is -1.80. The molecule has 0 aliphatic rings. The number of hydrogen-bond acceptors (Lipinski definition) is 2. The van der Waals surface area contributed by atoms with Crippen molar-refractivity contribution in [1.29, 1.82) is 0 Å². The summed E-state index contributed by atoms with van der Waals surface area (Å²) in [4.78, 5) is 0. The fourth-order valence-electron chi connectivity index (χ4n) is 2.80. The third-order valence-electron chi connectivity index (χ3n) is 3.66. The van der Waals surface area contributed by atoms with E-state index < -0.39 is 6.10 Å². The monoisotopic (exact) mass is 270 g/mol. The van der Waals surface area contributed by atoms with Crippen molar-refractivity contribution in [2.24, 2.45) is 0 Å². The van der Waals surface area contributed by atoms with Gasteiger partial charge in [0.2, 0.25) is 0 Å². The lowest BCUT2D eigenvalue weighted by Crippen LogP contribution is -2.06. The van der Waals surface area contributed by atoms with Crippen molar-refractivity contribution in [2.75, 3.05) is 7.11 Å². The lowest BCUT2D eigenvalue weighted by molar-refractivity contribution is 0.177. The van der Waals surface area contributed by atoms with Crippen LogP contribution in [0.25, 0.3) is 0 Å². The van der Waals surface area contributed by atoms with Crippen LogP contribution >= 0.6 is 0 Å². The van der Waals surface area contributed by atoms with Crippen LogP contribution in [0.2, 0.25) is 0 Å². The number of methoxy groups -OCH3 is 1. The number of ether oxygens (including phenoxy) is 1. The minimum atomic E-state index is -0.469. The van der Waals surface area contributed by atoms with Crippen LogP contribution in [-0.2, 0) is 6.42 Å². The maximum Gasteiger partial charge on any atom is 0.118 e. The molecule has 2 aromatic carbocycles. The van der Waals surface area contributed by atoms with E-state index in [-0.39, 0.29) is 0 Å². The first-order valence-corrected chi connectivity index (χ1v) is 6.90. The SMILES string of the molecule is COc1ccc(CC(O)c2c(C)cc(C)cc2C)cc1. The quantitative estimate of drug-likeness (QED) is 0.913. The first kappa shape index (κ1) is 14.6. The number of rotatable bonds is 4. The molecule has 1 atom stereocenters. The zero-order valence-electron chi connectivity index (χ0n) is 12.6. The Balaban J connectivity index is 2.21. The zero-order chi connectivity index (χ0) is 14.7. The molecule has 0 radical (unpaired) electrons. The summed E-state index contributed by atoms with van der Waals surface area (Å²) in [7, 11) is 1.66. The molecular weight excluding hydrogens is 248 g/mol. The van der Waals surface area contributed by atoms with Crippen molar-refractivity contribution < 1.29 is 9.84 Å². The second-order valence-electron chi connectivity index (χ2n) is 5.38. The second-order valence-corrected chi connectivity index (χ2v) is 5.38. The van der Waals surface area contributed by atoms with Crippen LogP contribution < -0.4 is 4.74 Å². The summed E-state index contributed by atoms with van der Waals surface area (Å²) in [6.07, 6.45) is 0.151. The molecule has 0 aliphatic carbocycles. The van der Waals surface area contributed by atoms with Crippen molar-refractivity contribution in [3.8, 4) is 5.75 Å². The normalized spacial score (nSPS) is 12.2. The van der Waals surface area contributed by atoms with Crippen molar-refractivity contribution in [2.45, 2.75) is 33.3 Å². The van der Waals surface area contributed by atoms with E-state index >= 15 is 0 Å². The molecule has 0 saturated heterocycles. The minimum absolute atomic E-state index is 0.469. The van der Waals surface area contributed by atoms with Crippen molar-refractivity contribution in [3.05, 3.63) is 64.2 Å². The number of aliphatic hydroxyl groups is 1. The van der Waals surface area contributed by atoms with E-state index in [1.165, 1.54) is 5.56 Å². The predicted octanol–water partition coefficient (Wildman–Crippen LogP) is 3.90. The molecule has 106 valence electrons. The Bertz CT molecular complexity index is 562. The first-order chi connectivity index (χ1) is 9.51. The Morgan fingerprint density at radius 2 is 1.55 bits per heavy atom. The number of benzene rings is 2.